The van der Waals surface area contributed by atoms with Crippen LogP contribution in [0.25, 0.3) is 0 Å². The van der Waals surface area contributed by atoms with Crippen LogP contribution in [0.15, 0.2) is 36.4 Å². The topological polar surface area (TPSA) is 61.5 Å². The Bertz CT molecular complexity index is 577. The molecule has 0 unspecified atom stereocenters. The summed E-state index contributed by atoms with van der Waals surface area (Å²) in [7, 11) is 4.01. The number of anilines is 4. The Labute approximate surface area is 113 Å². The highest BCUT2D eigenvalue weighted by molar-refractivity contribution is 5.75. The molecule has 0 spiro atoms. The molecule has 19 heavy (non-hydrogen) atoms. The molecule has 2 rings (SSSR count). The van der Waals surface area contributed by atoms with E-state index in [2.05, 4.69) is 5.32 Å². The van der Waals surface area contributed by atoms with Crippen molar-refractivity contribution >= 4 is 22.7 Å². The van der Waals surface area contributed by atoms with Gasteiger partial charge in [-0.2, -0.15) is 0 Å². The Morgan fingerprint density at radius 3 is 2.32 bits per heavy atom. The second-order valence-corrected chi connectivity index (χ2v) is 4.79. The Balaban J connectivity index is 2.24. The first-order valence-corrected chi connectivity index (χ1v) is 6.11. The summed E-state index contributed by atoms with van der Waals surface area (Å²) in [6.45, 7) is 1.84. The minimum Gasteiger partial charge on any atom is -0.508 e. The smallest absolute Gasteiger partial charge is 0.120 e. The number of nitrogens with two attached hydrogens (primary N) is 1. The Morgan fingerprint density at radius 2 is 1.74 bits per heavy atom. The van der Waals surface area contributed by atoms with Gasteiger partial charge in [-0.3, -0.25) is 0 Å². The summed E-state index contributed by atoms with van der Waals surface area (Å²) in [5.74, 6) is 0.214. The highest BCUT2D eigenvalue weighted by Crippen LogP contribution is 2.30. The van der Waals surface area contributed by atoms with Gasteiger partial charge in [0.05, 0.1) is 11.4 Å². The molecule has 0 fully saturated rings. The molecule has 0 aliphatic rings. The van der Waals surface area contributed by atoms with Crippen LogP contribution in [0, 0.1) is 6.92 Å². The molecular formula is C15H19N3O. The van der Waals surface area contributed by atoms with Crippen LogP contribution in [0.5, 0.6) is 5.75 Å². The van der Waals surface area contributed by atoms with Crippen molar-refractivity contribution in [2.45, 2.75) is 6.92 Å². The van der Waals surface area contributed by atoms with Gasteiger partial charge in [-0.15, -0.1) is 0 Å². The first-order valence-electron chi connectivity index (χ1n) is 6.11. The van der Waals surface area contributed by atoms with Crippen LogP contribution in [0.2, 0.25) is 0 Å². The first kappa shape index (κ1) is 13.1. The molecule has 0 aliphatic carbocycles. The third-order valence-electron chi connectivity index (χ3n) is 3.03. The summed E-state index contributed by atoms with van der Waals surface area (Å²) in [6, 6.07) is 11.5. The van der Waals surface area contributed by atoms with Gasteiger partial charge in [-0.1, -0.05) is 0 Å². The molecule has 0 atom stereocenters. The lowest BCUT2D eigenvalue weighted by Gasteiger charge is -2.14. The Morgan fingerprint density at radius 1 is 1.11 bits per heavy atom. The molecule has 0 bridgehead atoms. The molecule has 4 heteroatoms. The number of nitrogens with zero attached hydrogens (tertiary/aromatic N) is 1. The van der Waals surface area contributed by atoms with Gasteiger partial charge in [-0.05, 0) is 42.8 Å². The van der Waals surface area contributed by atoms with Gasteiger partial charge in [0.25, 0.3) is 0 Å². The molecule has 0 saturated carbocycles. The number of aryl methyl sites for hydroxylation is 1. The molecule has 4 N–H and O–H groups in total. The number of hydrogen-bond donors (Lipinski definition) is 3. The molecule has 4 nitrogen and oxygen atoms in total. The van der Waals surface area contributed by atoms with Crippen molar-refractivity contribution < 1.29 is 5.11 Å². The number of phenolic OH excluding ortho intramolecular Hbond substituents is 1. The minimum atomic E-state index is 0.214. The highest BCUT2D eigenvalue weighted by Gasteiger charge is 2.05. The molecule has 0 aromatic heterocycles. The number of nitrogen functional groups attached to an aromatic ring is 1. The number of aromatic hydroxyl groups is 1. The fourth-order valence-electron chi connectivity index (χ4n) is 1.82. The van der Waals surface area contributed by atoms with Crippen molar-refractivity contribution in [3.8, 4) is 5.75 Å². The van der Waals surface area contributed by atoms with E-state index in [-0.39, 0.29) is 5.75 Å². The van der Waals surface area contributed by atoms with Crippen molar-refractivity contribution in [1.29, 1.82) is 0 Å². The largest absolute Gasteiger partial charge is 0.508 e. The van der Waals surface area contributed by atoms with Gasteiger partial charge in [0.2, 0.25) is 0 Å². The van der Waals surface area contributed by atoms with Crippen molar-refractivity contribution in [2.75, 3.05) is 30.0 Å². The standard InChI is InChI=1S/C15H19N3O/c1-10-8-14(13(16)9-15(10)19)17-11-4-6-12(7-5-11)18(2)3/h4-9,17,19H,16H2,1-3H3. The number of rotatable bonds is 3. The normalized spacial score (nSPS) is 10.3. The van der Waals surface area contributed by atoms with E-state index in [0.717, 1.165) is 22.6 Å². The molecule has 2 aromatic rings. The van der Waals surface area contributed by atoms with Crippen LogP contribution in [0.1, 0.15) is 5.56 Å². The Kier molecular flexibility index (Phi) is 3.51. The molecule has 0 heterocycles. The molecule has 100 valence electrons. The minimum absolute atomic E-state index is 0.214. The predicted molar refractivity (Wildman–Crippen MR) is 81.3 cm³/mol. The monoisotopic (exact) mass is 257 g/mol. The molecule has 0 radical (unpaired) electrons. The second kappa shape index (κ2) is 5.10. The van der Waals surface area contributed by atoms with Crippen LogP contribution >= 0.6 is 0 Å². The number of phenols is 1. The second-order valence-electron chi connectivity index (χ2n) is 4.79. The maximum atomic E-state index is 9.57. The first-order chi connectivity index (χ1) is 8.97. The number of nitrogens with one attached hydrogen (secondary N) is 1. The number of benzene rings is 2. The van der Waals surface area contributed by atoms with E-state index >= 15 is 0 Å². The summed E-state index contributed by atoms with van der Waals surface area (Å²) in [5.41, 5.74) is 10.1. The number of hydrogen-bond acceptors (Lipinski definition) is 4. The zero-order valence-electron chi connectivity index (χ0n) is 11.4. The Hall–Kier alpha value is -2.36. The van der Waals surface area contributed by atoms with Crippen LogP contribution < -0.4 is 16.0 Å². The van der Waals surface area contributed by atoms with Gasteiger partial charge in [0.1, 0.15) is 5.75 Å². The van der Waals surface area contributed by atoms with Crippen molar-refractivity contribution in [1.82, 2.24) is 0 Å². The third kappa shape index (κ3) is 2.91. The molecule has 0 saturated heterocycles. The zero-order chi connectivity index (χ0) is 14.0. The summed E-state index contributed by atoms with van der Waals surface area (Å²) in [5, 5.41) is 12.8. The summed E-state index contributed by atoms with van der Waals surface area (Å²) >= 11 is 0. The summed E-state index contributed by atoms with van der Waals surface area (Å²) < 4.78 is 0. The lowest BCUT2D eigenvalue weighted by molar-refractivity contribution is 0.471. The molecular weight excluding hydrogens is 238 g/mol. The maximum Gasteiger partial charge on any atom is 0.120 e. The average molecular weight is 257 g/mol. The van der Waals surface area contributed by atoms with E-state index in [9.17, 15) is 5.11 Å². The van der Waals surface area contributed by atoms with E-state index in [1.165, 1.54) is 0 Å². The molecule has 0 aliphatic heterocycles. The van der Waals surface area contributed by atoms with E-state index < -0.39 is 0 Å². The van der Waals surface area contributed by atoms with Crippen LogP contribution in [-0.4, -0.2) is 19.2 Å². The quantitative estimate of drug-likeness (QED) is 0.584. The molecule has 2 aromatic carbocycles. The van der Waals surface area contributed by atoms with Gasteiger partial charge < -0.3 is 21.1 Å². The summed E-state index contributed by atoms with van der Waals surface area (Å²) in [6.07, 6.45) is 0. The van der Waals surface area contributed by atoms with E-state index in [0.29, 0.717) is 5.69 Å². The van der Waals surface area contributed by atoms with Crippen molar-refractivity contribution in [2.24, 2.45) is 0 Å². The third-order valence-corrected chi connectivity index (χ3v) is 3.03. The fraction of sp³-hybridized carbons (Fsp3) is 0.200. The zero-order valence-corrected chi connectivity index (χ0v) is 11.4. The molecule has 0 amide bonds. The van der Waals surface area contributed by atoms with Gasteiger partial charge in [0.15, 0.2) is 0 Å². The lowest BCUT2D eigenvalue weighted by atomic mass is 10.1. The van der Waals surface area contributed by atoms with Gasteiger partial charge in [0, 0.05) is 31.5 Å². The lowest BCUT2D eigenvalue weighted by Crippen LogP contribution is -2.08. The van der Waals surface area contributed by atoms with Crippen molar-refractivity contribution in [3.63, 3.8) is 0 Å². The van der Waals surface area contributed by atoms with E-state index in [1.807, 2.05) is 56.3 Å². The summed E-state index contributed by atoms with van der Waals surface area (Å²) in [4.78, 5) is 2.04. The van der Waals surface area contributed by atoms with E-state index in [1.54, 1.807) is 6.07 Å². The van der Waals surface area contributed by atoms with Crippen LogP contribution in [0.3, 0.4) is 0 Å². The fourth-order valence-corrected chi connectivity index (χ4v) is 1.82. The predicted octanol–water partition coefficient (Wildman–Crippen LogP) is 3.09. The van der Waals surface area contributed by atoms with Gasteiger partial charge >= 0.3 is 0 Å². The van der Waals surface area contributed by atoms with Crippen LogP contribution in [0.4, 0.5) is 22.7 Å². The van der Waals surface area contributed by atoms with E-state index in [4.69, 9.17) is 5.73 Å². The highest BCUT2D eigenvalue weighted by atomic mass is 16.3. The SMILES string of the molecule is Cc1cc(Nc2ccc(N(C)C)cc2)c(N)cc1O. The van der Waals surface area contributed by atoms with Gasteiger partial charge in [-0.25, -0.2) is 0 Å². The average Bonchev–Trinajstić information content (AvgIpc) is 2.36. The van der Waals surface area contributed by atoms with Crippen LogP contribution in [-0.2, 0) is 0 Å². The van der Waals surface area contributed by atoms with Crippen molar-refractivity contribution in [3.05, 3.63) is 42.0 Å². The maximum absolute atomic E-state index is 9.57.